The first-order chi connectivity index (χ1) is 21.5. The van der Waals surface area contributed by atoms with Crippen LogP contribution in [-0.2, 0) is 18.1 Å². The molecule has 0 saturated heterocycles. The number of carboxylic acids is 1. The lowest BCUT2D eigenvalue weighted by Gasteiger charge is -2.14. The molecule has 0 radical (unpaired) electrons. The second kappa shape index (κ2) is 13.5. The summed E-state index contributed by atoms with van der Waals surface area (Å²) in [6.45, 7) is 4.94. The van der Waals surface area contributed by atoms with E-state index in [1.165, 1.54) is 11.1 Å². The molecule has 0 fully saturated rings. The summed E-state index contributed by atoms with van der Waals surface area (Å²) in [6.07, 6.45) is 0. The first-order valence-corrected chi connectivity index (χ1v) is 16.5. The molecule has 6 aromatic rings. The molecule has 0 atom stereocenters. The molecule has 6 rings (SSSR count). The van der Waals surface area contributed by atoms with Crippen molar-refractivity contribution in [3.05, 3.63) is 137 Å². The summed E-state index contributed by atoms with van der Waals surface area (Å²) in [7, 11) is 0. The lowest BCUT2D eigenvalue weighted by molar-refractivity contribution is 0.0697. The van der Waals surface area contributed by atoms with Gasteiger partial charge in [0.05, 0.1) is 5.56 Å². The van der Waals surface area contributed by atoms with E-state index in [2.05, 4.69) is 79.1 Å². The fourth-order valence-corrected chi connectivity index (χ4v) is 6.97. The SMILES string of the molecule is CC(C)c1nc2c(SCc3ccccc3)nnc(SCc3ccccc3)c2n1Cc1ccc(-c2ccccc2C(=O)O)cc1. The normalized spacial score (nSPS) is 11.3. The molecule has 0 saturated carbocycles. The van der Waals surface area contributed by atoms with Crippen molar-refractivity contribution >= 4 is 40.5 Å². The topological polar surface area (TPSA) is 80.9 Å². The number of aromatic nitrogens is 4. The van der Waals surface area contributed by atoms with E-state index >= 15 is 0 Å². The average molecular weight is 617 g/mol. The minimum atomic E-state index is -0.932. The molecule has 0 bridgehead atoms. The third-order valence-corrected chi connectivity index (χ3v) is 9.40. The van der Waals surface area contributed by atoms with E-state index in [-0.39, 0.29) is 5.92 Å². The lowest BCUT2D eigenvalue weighted by Crippen LogP contribution is -2.08. The number of carbonyl (C=O) groups is 1. The van der Waals surface area contributed by atoms with Crippen LogP contribution in [0.25, 0.3) is 22.2 Å². The van der Waals surface area contributed by atoms with Gasteiger partial charge in [0.25, 0.3) is 0 Å². The maximum atomic E-state index is 11.8. The molecule has 0 spiro atoms. The highest BCUT2D eigenvalue weighted by Crippen LogP contribution is 2.36. The predicted molar refractivity (Wildman–Crippen MR) is 179 cm³/mol. The first kappa shape index (κ1) is 29.7. The highest BCUT2D eigenvalue weighted by molar-refractivity contribution is 7.99. The Labute approximate surface area is 265 Å². The second-order valence-corrected chi connectivity index (χ2v) is 12.7. The molecule has 1 N–H and O–H groups in total. The van der Waals surface area contributed by atoms with Crippen LogP contribution >= 0.6 is 23.5 Å². The van der Waals surface area contributed by atoms with Crippen LogP contribution in [0.3, 0.4) is 0 Å². The van der Waals surface area contributed by atoms with Crippen molar-refractivity contribution in [2.24, 2.45) is 0 Å². The smallest absolute Gasteiger partial charge is 0.336 e. The largest absolute Gasteiger partial charge is 0.478 e. The Morgan fingerprint density at radius 2 is 1.30 bits per heavy atom. The highest BCUT2D eigenvalue weighted by Gasteiger charge is 2.22. The Kier molecular flexibility index (Phi) is 9.09. The van der Waals surface area contributed by atoms with Gasteiger partial charge in [-0.05, 0) is 33.9 Å². The zero-order chi connectivity index (χ0) is 30.5. The third kappa shape index (κ3) is 6.56. The first-order valence-electron chi connectivity index (χ1n) is 14.5. The Bertz CT molecular complexity index is 1890. The molecule has 2 aromatic heterocycles. The molecule has 44 heavy (non-hydrogen) atoms. The molecule has 0 unspecified atom stereocenters. The minimum absolute atomic E-state index is 0.183. The van der Waals surface area contributed by atoms with Crippen molar-refractivity contribution in [2.45, 2.75) is 47.9 Å². The van der Waals surface area contributed by atoms with E-state index < -0.39 is 5.97 Å². The second-order valence-electron chi connectivity index (χ2n) is 10.8. The van der Waals surface area contributed by atoms with Crippen LogP contribution in [0.5, 0.6) is 0 Å². The number of thioether (sulfide) groups is 2. The number of rotatable bonds is 11. The lowest BCUT2D eigenvalue weighted by atomic mass is 9.98. The van der Waals surface area contributed by atoms with Crippen LogP contribution in [0.4, 0.5) is 0 Å². The van der Waals surface area contributed by atoms with Gasteiger partial charge in [0, 0.05) is 24.0 Å². The van der Waals surface area contributed by atoms with Gasteiger partial charge < -0.3 is 9.67 Å². The molecule has 2 heterocycles. The summed E-state index contributed by atoms with van der Waals surface area (Å²) in [5.41, 5.74) is 7.30. The Hall–Kier alpha value is -4.40. The van der Waals surface area contributed by atoms with Crippen molar-refractivity contribution in [3.8, 4) is 11.1 Å². The van der Waals surface area contributed by atoms with Crippen LogP contribution in [0.15, 0.2) is 119 Å². The zero-order valence-corrected chi connectivity index (χ0v) is 26.2. The van der Waals surface area contributed by atoms with Gasteiger partial charge in [-0.1, -0.05) is 140 Å². The number of hydrogen-bond acceptors (Lipinski definition) is 6. The van der Waals surface area contributed by atoms with Crippen molar-refractivity contribution in [2.75, 3.05) is 0 Å². The van der Waals surface area contributed by atoms with Gasteiger partial charge in [-0.3, -0.25) is 0 Å². The van der Waals surface area contributed by atoms with E-state index in [0.717, 1.165) is 49.5 Å². The van der Waals surface area contributed by atoms with Gasteiger partial charge in [0.15, 0.2) is 0 Å². The number of nitrogens with zero attached hydrogens (tertiary/aromatic N) is 4. The quantitative estimate of drug-likeness (QED) is 0.146. The van der Waals surface area contributed by atoms with Crippen LogP contribution < -0.4 is 0 Å². The van der Waals surface area contributed by atoms with E-state index in [1.54, 1.807) is 35.7 Å². The van der Waals surface area contributed by atoms with E-state index in [4.69, 9.17) is 15.2 Å². The number of aromatic carboxylic acids is 1. The minimum Gasteiger partial charge on any atom is -0.478 e. The average Bonchev–Trinajstić information content (AvgIpc) is 3.44. The Balaban J connectivity index is 1.39. The molecule has 4 aromatic carbocycles. The number of fused-ring (bicyclic) bond motifs is 1. The number of benzene rings is 4. The van der Waals surface area contributed by atoms with Crippen LogP contribution in [0.2, 0.25) is 0 Å². The number of imidazole rings is 1. The molecular weight excluding hydrogens is 585 g/mol. The van der Waals surface area contributed by atoms with Gasteiger partial charge in [-0.25, -0.2) is 9.78 Å². The summed E-state index contributed by atoms with van der Waals surface area (Å²) in [5, 5.41) is 20.8. The molecule has 220 valence electrons. The van der Waals surface area contributed by atoms with Crippen molar-refractivity contribution < 1.29 is 9.90 Å². The summed E-state index contributed by atoms with van der Waals surface area (Å²) < 4.78 is 2.29. The van der Waals surface area contributed by atoms with Crippen molar-refractivity contribution in [1.82, 2.24) is 19.7 Å². The molecular formula is C36H32N4O2S2. The van der Waals surface area contributed by atoms with Crippen LogP contribution in [0.1, 0.15) is 52.6 Å². The Morgan fingerprint density at radius 1 is 0.727 bits per heavy atom. The van der Waals surface area contributed by atoms with Gasteiger partial charge >= 0.3 is 5.97 Å². The fourth-order valence-electron chi connectivity index (χ4n) is 5.16. The van der Waals surface area contributed by atoms with Gasteiger partial charge in [0.2, 0.25) is 0 Å². The molecule has 6 nitrogen and oxygen atoms in total. The molecule has 0 aliphatic rings. The predicted octanol–water partition coefficient (Wildman–Crippen LogP) is 8.95. The molecule has 8 heteroatoms. The maximum absolute atomic E-state index is 11.8. The molecule has 0 aliphatic carbocycles. The Morgan fingerprint density at radius 3 is 1.91 bits per heavy atom. The van der Waals surface area contributed by atoms with E-state index in [9.17, 15) is 9.90 Å². The standard InChI is InChI=1S/C36H32N4O2S2/c1-24(2)33-37-31-32(40(33)21-25-17-19-28(20-18-25)29-15-9-10-16-30(29)36(41)42)35(44-23-27-13-7-4-8-14-27)39-38-34(31)43-22-26-11-5-3-6-12-26/h3-20,24H,21-23H2,1-2H3,(H,41,42). The summed E-state index contributed by atoms with van der Waals surface area (Å²) in [5.74, 6) is 1.80. The summed E-state index contributed by atoms with van der Waals surface area (Å²) >= 11 is 3.34. The van der Waals surface area contributed by atoms with E-state index in [1.807, 2.05) is 36.4 Å². The van der Waals surface area contributed by atoms with Crippen molar-refractivity contribution in [1.29, 1.82) is 0 Å². The molecule has 0 aliphatic heterocycles. The van der Waals surface area contributed by atoms with Gasteiger partial charge in [0.1, 0.15) is 26.9 Å². The van der Waals surface area contributed by atoms with Crippen LogP contribution in [-0.4, -0.2) is 30.8 Å². The van der Waals surface area contributed by atoms with Gasteiger partial charge in [-0.15, -0.1) is 10.2 Å². The monoisotopic (exact) mass is 616 g/mol. The maximum Gasteiger partial charge on any atom is 0.336 e. The zero-order valence-electron chi connectivity index (χ0n) is 24.6. The fraction of sp³-hybridized carbons (Fsp3) is 0.167. The van der Waals surface area contributed by atoms with Gasteiger partial charge in [-0.2, -0.15) is 0 Å². The number of carboxylic acid groups (broad SMARTS) is 1. The van der Waals surface area contributed by atoms with Crippen molar-refractivity contribution in [3.63, 3.8) is 0 Å². The third-order valence-electron chi connectivity index (χ3n) is 7.35. The summed E-state index contributed by atoms with van der Waals surface area (Å²) in [6, 6.07) is 36.0. The number of hydrogen-bond donors (Lipinski definition) is 1. The summed E-state index contributed by atoms with van der Waals surface area (Å²) in [4.78, 5) is 17.0. The van der Waals surface area contributed by atoms with Crippen LogP contribution in [0, 0.1) is 0 Å². The van der Waals surface area contributed by atoms with E-state index in [0.29, 0.717) is 17.7 Å². The highest BCUT2D eigenvalue weighted by atomic mass is 32.2. The molecule has 0 amide bonds.